The molecule has 2 unspecified atom stereocenters. The van der Waals surface area contributed by atoms with E-state index in [2.05, 4.69) is 6.92 Å². The van der Waals surface area contributed by atoms with Crippen LogP contribution in [0.1, 0.15) is 65.4 Å². The van der Waals surface area contributed by atoms with Gasteiger partial charge in [-0.3, -0.25) is 9.59 Å². The molecule has 8 heteroatoms. The minimum Gasteiger partial charge on any atom is -0.453 e. The number of piperidine rings is 1. The first-order valence-corrected chi connectivity index (χ1v) is 12.8. The molecule has 0 bridgehead atoms. The average molecular weight is 453 g/mol. The van der Waals surface area contributed by atoms with Gasteiger partial charge in [-0.1, -0.05) is 32.9 Å². The zero-order valence-corrected chi connectivity index (χ0v) is 20.0. The van der Waals surface area contributed by atoms with Crippen molar-refractivity contribution < 1.29 is 22.7 Å². The quantitative estimate of drug-likeness (QED) is 0.508. The van der Waals surface area contributed by atoms with Crippen LogP contribution in [0.25, 0.3) is 0 Å². The van der Waals surface area contributed by atoms with E-state index in [1.165, 1.54) is 4.31 Å². The van der Waals surface area contributed by atoms with Crippen molar-refractivity contribution in [3.8, 4) is 0 Å². The molecule has 0 aliphatic carbocycles. The second-order valence-electron chi connectivity index (χ2n) is 7.95. The van der Waals surface area contributed by atoms with E-state index >= 15 is 0 Å². The summed E-state index contributed by atoms with van der Waals surface area (Å²) < 4.78 is 31.9. The monoisotopic (exact) mass is 452 g/mol. The lowest BCUT2D eigenvalue weighted by molar-refractivity contribution is -0.161. The molecule has 1 heterocycles. The van der Waals surface area contributed by atoms with Gasteiger partial charge >= 0.3 is 5.97 Å². The second kappa shape index (κ2) is 11.6. The van der Waals surface area contributed by atoms with Crippen LogP contribution in [0.15, 0.2) is 29.2 Å². The van der Waals surface area contributed by atoms with Crippen LogP contribution >= 0.6 is 0 Å². The fourth-order valence-electron chi connectivity index (χ4n) is 4.04. The minimum absolute atomic E-state index is 0.120. The number of amides is 1. The fraction of sp³-hybridized carbons (Fsp3) is 0.652. The molecule has 0 spiro atoms. The first-order chi connectivity index (χ1) is 14.7. The van der Waals surface area contributed by atoms with Crippen molar-refractivity contribution in [2.45, 2.75) is 83.3 Å². The maximum atomic E-state index is 12.7. The molecular formula is C23H36N2O5S. The molecule has 174 valence electrons. The number of rotatable bonds is 10. The highest BCUT2D eigenvalue weighted by atomic mass is 32.2. The highest BCUT2D eigenvalue weighted by Gasteiger charge is 2.30. The van der Waals surface area contributed by atoms with Gasteiger partial charge in [0.1, 0.15) is 0 Å². The summed E-state index contributed by atoms with van der Waals surface area (Å²) in [4.78, 5) is 27.1. The van der Waals surface area contributed by atoms with Gasteiger partial charge in [-0.2, -0.15) is 4.31 Å². The maximum absolute atomic E-state index is 12.7. The Bertz CT molecular complexity index is 834. The van der Waals surface area contributed by atoms with Crippen molar-refractivity contribution >= 4 is 21.9 Å². The molecule has 1 fully saturated rings. The number of hydrogen-bond acceptors (Lipinski definition) is 5. The van der Waals surface area contributed by atoms with Crippen molar-refractivity contribution in [2.24, 2.45) is 0 Å². The van der Waals surface area contributed by atoms with E-state index in [1.807, 2.05) is 4.90 Å². The van der Waals surface area contributed by atoms with Gasteiger partial charge in [0.05, 0.1) is 4.90 Å². The lowest BCUT2D eigenvalue weighted by Crippen LogP contribution is -2.48. The number of ether oxygens (including phenoxy) is 1. The lowest BCUT2D eigenvalue weighted by atomic mass is 9.99. The summed E-state index contributed by atoms with van der Waals surface area (Å²) in [5.41, 5.74) is 0.844. The Morgan fingerprint density at radius 1 is 1.13 bits per heavy atom. The highest BCUT2D eigenvalue weighted by molar-refractivity contribution is 7.89. The molecule has 7 nitrogen and oxygen atoms in total. The summed E-state index contributed by atoms with van der Waals surface area (Å²) in [6, 6.07) is 6.81. The van der Waals surface area contributed by atoms with Crippen LogP contribution in [0.2, 0.25) is 0 Å². The number of hydrogen-bond donors (Lipinski definition) is 0. The van der Waals surface area contributed by atoms with Gasteiger partial charge in [0.25, 0.3) is 5.91 Å². The number of carbonyl (C=O) groups is 2. The largest absolute Gasteiger partial charge is 0.453 e. The topological polar surface area (TPSA) is 84.0 Å². The van der Waals surface area contributed by atoms with E-state index in [4.69, 9.17) is 4.74 Å². The van der Waals surface area contributed by atoms with Gasteiger partial charge in [0, 0.05) is 32.1 Å². The Morgan fingerprint density at radius 2 is 1.77 bits per heavy atom. The van der Waals surface area contributed by atoms with Gasteiger partial charge in [-0.15, -0.1) is 0 Å². The number of aryl methyl sites for hydroxylation is 1. The zero-order chi connectivity index (χ0) is 23.0. The van der Waals surface area contributed by atoms with E-state index in [1.54, 1.807) is 45.0 Å². The summed E-state index contributed by atoms with van der Waals surface area (Å²) >= 11 is 0. The van der Waals surface area contributed by atoms with Crippen molar-refractivity contribution in [2.75, 3.05) is 19.6 Å². The van der Waals surface area contributed by atoms with E-state index in [9.17, 15) is 18.0 Å². The number of benzene rings is 1. The van der Waals surface area contributed by atoms with Crippen LogP contribution in [0.4, 0.5) is 0 Å². The van der Waals surface area contributed by atoms with Crippen LogP contribution < -0.4 is 0 Å². The predicted octanol–water partition coefficient (Wildman–Crippen LogP) is 3.37. The SMILES string of the molecule is CCC1CCCCN1C(=O)C(C)OC(=O)CCc1ccc(S(=O)(=O)N(CC)CC)cc1. The molecular weight excluding hydrogens is 416 g/mol. The van der Waals surface area contributed by atoms with Gasteiger partial charge < -0.3 is 9.64 Å². The van der Waals surface area contributed by atoms with E-state index in [0.717, 1.165) is 37.8 Å². The second-order valence-corrected chi connectivity index (χ2v) is 9.89. The summed E-state index contributed by atoms with van der Waals surface area (Å²) in [5, 5.41) is 0. The fourth-order valence-corrected chi connectivity index (χ4v) is 5.50. The number of carbonyl (C=O) groups excluding carboxylic acids is 2. The van der Waals surface area contributed by atoms with E-state index < -0.39 is 22.1 Å². The van der Waals surface area contributed by atoms with E-state index in [0.29, 0.717) is 19.5 Å². The molecule has 0 saturated carbocycles. The summed E-state index contributed by atoms with van der Waals surface area (Å²) in [7, 11) is -3.49. The highest BCUT2D eigenvalue weighted by Crippen LogP contribution is 2.21. The Morgan fingerprint density at radius 3 is 2.35 bits per heavy atom. The summed E-state index contributed by atoms with van der Waals surface area (Å²) in [5.74, 6) is -0.545. The Hall–Kier alpha value is -1.93. The summed E-state index contributed by atoms with van der Waals surface area (Å²) in [6.07, 6.45) is 3.80. The smallest absolute Gasteiger partial charge is 0.306 e. The van der Waals surface area contributed by atoms with Crippen molar-refractivity contribution in [1.82, 2.24) is 9.21 Å². The molecule has 1 saturated heterocycles. The third-order valence-electron chi connectivity index (χ3n) is 5.92. The standard InChI is InChI=1S/C23H36N2O5S/c1-5-20-10-8-9-17-25(20)23(27)18(4)30-22(26)16-13-19-11-14-21(15-12-19)31(28,29)24(6-2)7-3/h11-12,14-15,18,20H,5-10,13,16-17H2,1-4H3. The molecule has 0 N–H and O–H groups in total. The molecule has 2 rings (SSSR count). The predicted molar refractivity (Wildman–Crippen MR) is 120 cm³/mol. The maximum Gasteiger partial charge on any atom is 0.306 e. The molecule has 0 aromatic heterocycles. The van der Waals surface area contributed by atoms with Gasteiger partial charge in [-0.05, 0) is 56.7 Å². The number of nitrogens with zero attached hydrogens (tertiary/aromatic N) is 2. The van der Waals surface area contributed by atoms with Gasteiger partial charge in [0.15, 0.2) is 6.10 Å². The molecule has 0 radical (unpaired) electrons. The van der Waals surface area contributed by atoms with Crippen LogP contribution in [0, 0.1) is 0 Å². The van der Waals surface area contributed by atoms with Crippen molar-refractivity contribution in [1.29, 1.82) is 0 Å². The molecule has 2 atom stereocenters. The zero-order valence-electron chi connectivity index (χ0n) is 19.2. The number of likely N-dealkylation sites (tertiary alicyclic amines) is 1. The number of sulfonamides is 1. The van der Waals surface area contributed by atoms with Crippen LogP contribution in [0.3, 0.4) is 0 Å². The van der Waals surface area contributed by atoms with E-state index in [-0.39, 0.29) is 23.3 Å². The number of esters is 1. The van der Waals surface area contributed by atoms with Crippen LogP contribution in [-0.2, 0) is 30.8 Å². The molecule has 1 aliphatic rings. The molecule has 1 aromatic rings. The first-order valence-electron chi connectivity index (χ1n) is 11.3. The van der Waals surface area contributed by atoms with Crippen LogP contribution in [0.5, 0.6) is 0 Å². The first kappa shape index (κ1) is 25.3. The molecule has 1 aromatic carbocycles. The van der Waals surface area contributed by atoms with Crippen LogP contribution in [-0.4, -0.2) is 61.3 Å². The Kier molecular flexibility index (Phi) is 9.50. The van der Waals surface area contributed by atoms with Crippen molar-refractivity contribution in [3.05, 3.63) is 29.8 Å². The average Bonchev–Trinajstić information content (AvgIpc) is 2.78. The minimum atomic E-state index is -3.49. The van der Waals surface area contributed by atoms with Crippen molar-refractivity contribution in [3.63, 3.8) is 0 Å². The normalized spacial score (nSPS) is 18.1. The third-order valence-corrected chi connectivity index (χ3v) is 7.99. The lowest BCUT2D eigenvalue weighted by Gasteiger charge is -2.36. The molecule has 1 amide bonds. The molecule has 1 aliphatic heterocycles. The molecule has 31 heavy (non-hydrogen) atoms. The Balaban J connectivity index is 1.89. The third kappa shape index (κ3) is 6.53. The van der Waals surface area contributed by atoms with Gasteiger partial charge in [0.2, 0.25) is 10.0 Å². The summed E-state index contributed by atoms with van der Waals surface area (Å²) in [6.45, 7) is 8.88. The van der Waals surface area contributed by atoms with Gasteiger partial charge in [-0.25, -0.2) is 8.42 Å². The Labute approximate surface area is 186 Å².